The van der Waals surface area contributed by atoms with Gasteiger partial charge in [-0.05, 0) is 49.6 Å². The number of amides is 2. The van der Waals surface area contributed by atoms with Crippen LogP contribution in [0.4, 0.5) is 10.8 Å². The van der Waals surface area contributed by atoms with Gasteiger partial charge in [0.15, 0.2) is 5.13 Å². The van der Waals surface area contributed by atoms with Crippen LogP contribution in [0.1, 0.15) is 40.4 Å². The van der Waals surface area contributed by atoms with Crippen LogP contribution in [0.5, 0.6) is 0 Å². The van der Waals surface area contributed by atoms with Gasteiger partial charge in [-0.3, -0.25) is 14.9 Å². The van der Waals surface area contributed by atoms with E-state index in [1.54, 1.807) is 11.0 Å². The monoisotopic (exact) mass is 405 g/mol. The van der Waals surface area contributed by atoms with Crippen LogP contribution in [0.25, 0.3) is 11.3 Å². The third-order valence-electron chi connectivity index (χ3n) is 5.22. The maximum atomic E-state index is 12.7. The molecule has 6 heteroatoms. The largest absolute Gasteiger partial charge is 0.312 e. The zero-order valence-corrected chi connectivity index (χ0v) is 17.6. The highest BCUT2D eigenvalue weighted by molar-refractivity contribution is 7.14. The summed E-state index contributed by atoms with van der Waals surface area (Å²) < 4.78 is 0. The zero-order chi connectivity index (χ0) is 20.5. The molecule has 4 rings (SSSR count). The summed E-state index contributed by atoms with van der Waals surface area (Å²) in [6, 6.07) is 11.8. The molecular weight excluding hydrogens is 382 g/mol. The average Bonchev–Trinajstić information content (AvgIpc) is 3.33. The van der Waals surface area contributed by atoms with E-state index in [0.717, 1.165) is 34.5 Å². The highest BCUT2D eigenvalue weighted by atomic mass is 32.1. The van der Waals surface area contributed by atoms with Gasteiger partial charge in [0.05, 0.1) is 5.69 Å². The van der Waals surface area contributed by atoms with Gasteiger partial charge >= 0.3 is 0 Å². The molecule has 2 heterocycles. The molecule has 1 aromatic heterocycles. The Kier molecular flexibility index (Phi) is 5.20. The third kappa shape index (κ3) is 3.80. The summed E-state index contributed by atoms with van der Waals surface area (Å²) in [5.41, 5.74) is 6.85. The molecule has 0 aliphatic carbocycles. The normalized spacial score (nSPS) is 12.7. The fourth-order valence-electron chi connectivity index (χ4n) is 3.72. The van der Waals surface area contributed by atoms with E-state index < -0.39 is 0 Å². The molecule has 0 spiro atoms. The molecular formula is C23H23N3O2S. The predicted octanol–water partition coefficient (Wildman–Crippen LogP) is 4.98. The number of fused-ring (bicyclic) bond motifs is 1. The second-order valence-electron chi connectivity index (χ2n) is 7.30. The molecule has 29 heavy (non-hydrogen) atoms. The minimum absolute atomic E-state index is 0.114. The van der Waals surface area contributed by atoms with Gasteiger partial charge in [0.25, 0.3) is 5.91 Å². The summed E-state index contributed by atoms with van der Waals surface area (Å²) >= 11 is 1.42. The lowest BCUT2D eigenvalue weighted by molar-refractivity contribution is -0.118. The third-order valence-corrected chi connectivity index (χ3v) is 5.98. The zero-order valence-electron chi connectivity index (χ0n) is 16.8. The van der Waals surface area contributed by atoms with E-state index in [-0.39, 0.29) is 11.8 Å². The molecule has 0 saturated heterocycles. The summed E-state index contributed by atoms with van der Waals surface area (Å²) in [4.78, 5) is 31.1. The maximum absolute atomic E-state index is 12.7. The van der Waals surface area contributed by atoms with E-state index in [1.165, 1.54) is 16.9 Å². The molecule has 2 amide bonds. The highest BCUT2D eigenvalue weighted by Crippen LogP contribution is 2.31. The molecule has 2 aromatic carbocycles. The van der Waals surface area contributed by atoms with E-state index in [4.69, 9.17) is 0 Å². The standard InChI is InChI=1S/C23H23N3O2S/c1-4-21(27)26-10-9-16-12-17(6-8-20(16)26)22(28)25-23-24-19(13-29-23)18-7-5-14(2)11-15(18)3/h5-8,11-13H,4,9-10H2,1-3H3,(H,24,25,28). The van der Waals surface area contributed by atoms with Crippen molar-refractivity contribution in [3.8, 4) is 11.3 Å². The maximum Gasteiger partial charge on any atom is 0.257 e. The number of hydrogen-bond donors (Lipinski definition) is 1. The Bertz CT molecular complexity index is 1100. The molecule has 3 aromatic rings. The van der Waals surface area contributed by atoms with Crippen LogP contribution in [0.2, 0.25) is 0 Å². The van der Waals surface area contributed by atoms with E-state index in [9.17, 15) is 9.59 Å². The first kappa shape index (κ1) is 19.3. The SMILES string of the molecule is CCC(=O)N1CCc2cc(C(=O)Nc3nc(-c4ccc(C)cc4C)cs3)ccc21. The number of rotatable bonds is 4. The van der Waals surface area contributed by atoms with E-state index in [2.05, 4.69) is 42.3 Å². The van der Waals surface area contributed by atoms with Crippen molar-refractivity contribution in [2.24, 2.45) is 0 Å². The number of carbonyl (C=O) groups is 2. The van der Waals surface area contributed by atoms with Crippen molar-refractivity contribution in [1.29, 1.82) is 0 Å². The van der Waals surface area contributed by atoms with Gasteiger partial charge in [0.2, 0.25) is 5.91 Å². The number of carbonyl (C=O) groups excluding carboxylic acids is 2. The minimum Gasteiger partial charge on any atom is -0.312 e. The van der Waals surface area contributed by atoms with Gasteiger partial charge in [-0.1, -0.05) is 30.7 Å². The lowest BCUT2D eigenvalue weighted by Gasteiger charge is -2.16. The van der Waals surface area contributed by atoms with Crippen LogP contribution in [0.3, 0.4) is 0 Å². The molecule has 0 saturated carbocycles. The number of nitrogens with one attached hydrogen (secondary N) is 1. The van der Waals surface area contributed by atoms with Crippen LogP contribution in [-0.2, 0) is 11.2 Å². The molecule has 0 radical (unpaired) electrons. The summed E-state index contributed by atoms with van der Waals surface area (Å²) in [7, 11) is 0. The number of aromatic nitrogens is 1. The Morgan fingerprint density at radius 1 is 1.17 bits per heavy atom. The van der Waals surface area contributed by atoms with Crippen LogP contribution in [0.15, 0.2) is 41.8 Å². The van der Waals surface area contributed by atoms with Crippen molar-refractivity contribution >= 4 is 34.0 Å². The second kappa shape index (κ2) is 7.79. The van der Waals surface area contributed by atoms with Crippen molar-refractivity contribution in [2.75, 3.05) is 16.8 Å². The number of benzene rings is 2. The number of hydrogen-bond acceptors (Lipinski definition) is 4. The number of aryl methyl sites for hydroxylation is 2. The van der Waals surface area contributed by atoms with Gasteiger partial charge in [0.1, 0.15) is 0 Å². The molecule has 0 atom stereocenters. The molecule has 1 aliphatic rings. The van der Waals surface area contributed by atoms with E-state index in [1.807, 2.05) is 24.4 Å². The molecule has 5 nitrogen and oxygen atoms in total. The van der Waals surface area contributed by atoms with Gasteiger partial charge in [-0.2, -0.15) is 0 Å². The Balaban J connectivity index is 1.51. The smallest absolute Gasteiger partial charge is 0.257 e. The average molecular weight is 406 g/mol. The fraction of sp³-hybridized carbons (Fsp3) is 0.261. The van der Waals surface area contributed by atoms with Gasteiger partial charge < -0.3 is 4.90 Å². The lowest BCUT2D eigenvalue weighted by Crippen LogP contribution is -2.27. The number of thiazole rings is 1. The molecule has 1 N–H and O–H groups in total. The number of nitrogens with zero attached hydrogens (tertiary/aromatic N) is 2. The minimum atomic E-state index is -0.186. The first-order chi connectivity index (χ1) is 14.0. The van der Waals surface area contributed by atoms with Crippen LogP contribution in [0, 0.1) is 13.8 Å². The van der Waals surface area contributed by atoms with Crippen molar-refractivity contribution < 1.29 is 9.59 Å². The Labute approximate surface area is 174 Å². The summed E-state index contributed by atoms with van der Waals surface area (Å²) in [5, 5.41) is 5.44. The van der Waals surface area contributed by atoms with Crippen LogP contribution < -0.4 is 10.2 Å². The van der Waals surface area contributed by atoms with Crippen molar-refractivity contribution in [2.45, 2.75) is 33.6 Å². The Morgan fingerprint density at radius 2 is 2.00 bits per heavy atom. The highest BCUT2D eigenvalue weighted by Gasteiger charge is 2.24. The second-order valence-corrected chi connectivity index (χ2v) is 8.16. The topological polar surface area (TPSA) is 62.3 Å². The van der Waals surface area contributed by atoms with Crippen LogP contribution >= 0.6 is 11.3 Å². The van der Waals surface area contributed by atoms with Gasteiger partial charge in [-0.25, -0.2) is 4.98 Å². The van der Waals surface area contributed by atoms with Crippen molar-refractivity contribution in [3.05, 3.63) is 64.0 Å². The molecule has 148 valence electrons. The quantitative estimate of drug-likeness (QED) is 0.666. The lowest BCUT2D eigenvalue weighted by atomic mass is 10.0. The summed E-state index contributed by atoms with van der Waals surface area (Å²) in [5.74, 6) is -0.0720. The van der Waals surface area contributed by atoms with E-state index >= 15 is 0 Å². The summed E-state index contributed by atoms with van der Waals surface area (Å²) in [6.45, 7) is 6.68. The molecule has 0 fully saturated rings. The number of anilines is 2. The molecule has 0 bridgehead atoms. The summed E-state index contributed by atoms with van der Waals surface area (Å²) in [6.07, 6.45) is 1.25. The predicted molar refractivity (Wildman–Crippen MR) is 118 cm³/mol. The van der Waals surface area contributed by atoms with E-state index in [0.29, 0.717) is 23.7 Å². The first-order valence-corrected chi connectivity index (χ1v) is 10.6. The van der Waals surface area contributed by atoms with Crippen molar-refractivity contribution in [1.82, 2.24) is 4.98 Å². The first-order valence-electron chi connectivity index (χ1n) is 9.74. The van der Waals surface area contributed by atoms with Gasteiger partial charge in [-0.15, -0.1) is 11.3 Å². The van der Waals surface area contributed by atoms with Crippen LogP contribution in [-0.4, -0.2) is 23.3 Å². The Morgan fingerprint density at radius 3 is 2.76 bits per heavy atom. The van der Waals surface area contributed by atoms with Crippen molar-refractivity contribution in [3.63, 3.8) is 0 Å². The molecule has 1 aliphatic heterocycles. The fourth-order valence-corrected chi connectivity index (χ4v) is 4.42. The Hall–Kier alpha value is -2.99. The molecule has 0 unspecified atom stereocenters. The van der Waals surface area contributed by atoms with Gasteiger partial charge in [0, 0.05) is 35.2 Å².